The topological polar surface area (TPSA) is 37.8 Å². The summed E-state index contributed by atoms with van der Waals surface area (Å²) in [4.78, 5) is 7.75. The second-order valence-electron chi connectivity index (χ2n) is 4.42. The van der Waals surface area contributed by atoms with E-state index in [1.54, 1.807) is 12.4 Å². The Morgan fingerprint density at radius 1 is 1.15 bits per heavy atom. The summed E-state index contributed by atoms with van der Waals surface area (Å²) >= 11 is 0. The molecule has 0 saturated carbocycles. The van der Waals surface area contributed by atoms with Crippen LogP contribution in [0.2, 0.25) is 0 Å². The molecule has 1 unspecified atom stereocenters. The second-order valence-corrected chi connectivity index (χ2v) is 4.42. The van der Waals surface area contributed by atoms with E-state index in [2.05, 4.69) is 15.3 Å². The molecule has 2 heterocycles. The lowest BCUT2D eigenvalue weighted by Gasteiger charge is -2.14. The third-order valence-electron chi connectivity index (χ3n) is 2.95. The molecular weight excluding hydrogens is 267 g/mol. The molecule has 0 aliphatic heterocycles. The third kappa shape index (κ3) is 3.77. The van der Waals surface area contributed by atoms with Gasteiger partial charge in [0.15, 0.2) is 0 Å². The van der Waals surface area contributed by atoms with Crippen LogP contribution in [0.4, 0.5) is 13.2 Å². The van der Waals surface area contributed by atoms with Crippen LogP contribution >= 0.6 is 0 Å². The van der Waals surface area contributed by atoms with Crippen molar-refractivity contribution < 1.29 is 13.2 Å². The van der Waals surface area contributed by atoms with Gasteiger partial charge in [0.05, 0.1) is 11.3 Å². The summed E-state index contributed by atoms with van der Waals surface area (Å²) < 4.78 is 37.2. The zero-order valence-corrected chi connectivity index (χ0v) is 10.9. The number of hydrogen-bond acceptors (Lipinski definition) is 3. The molecule has 0 amide bonds. The molecule has 0 aromatic carbocycles. The number of halogens is 3. The highest BCUT2D eigenvalue weighted by molar-refractivity contribution is 5.18. The smallest absolute Gasteiger partial charge is 0.305 e. The fourth-order valence-corrected chi connectivity index (χ4v) is 1.72. The van der Waals surface area contributed by atoms with Crippen LogP contribution in [-0.2, 0) is 12.7 Å². The van der Waals surface area contributed by atoms with Crippen LogP contribution in [0.3, 0.4) is 0 Å². The third-order valence-corrected chi connectivity index (χ3v) is 2.95. The molecule has 0 radical (unpaired) electrons. The second kappa shape index (κ2) is 6.00. The quantitative estimate of drug-likeness (QED) is 0.934. The van der Waals surface area contributed by atoms with Gasteiger partial charge in [-0.3, -0.25) is 9.97 Å². The van der Waals surface area contributed by atoms with Gasteiger partial charge < -0.3 is 5.32 Å². The Balaban J connectivity index is 1.94. The SMILES string of the molecule is CC(NCc1ccc(C(F)(F)F)cn1)c1ccncc1. The van der Waals surface area contributed by atoms with E-state index in [-0.39, 0.29) is 6.04 Å². The van der Waals surface area contributed by atoms with Crippen molar-refractivity contribution in [3.05, 3.63) is 59.7 Å². The number of pyridine rings is 2. The van der Waals surface area contributed by atoms with Gasteiger partial charge in [0, 0.05) is 31.2 Å². The van der Waals surface area contributed by atoms with Crippen molar-refractivity contribution >= 4 is 0 Å². The number of rotatable bonds is 4. The van der Waals surface area contributed by atoms with Crippen molar-refractivity contribution in [1.29, 1.82) is 0 Å². The molecule has 2 rings (SSSR count). The van der Waals surface area contributed by atoms with E-state index in [0.717, 1.165) is 17.8 Å². The van der Waals surface area contributed by atoms with Crippen LogP contribution in [0.5, 0.6) is 0 Å². The van der Waals surface area contributed by atoms with Gasteiger partial charge in [-0.2, -0.15) is 13.2 Å². The highest BCUT2D eigenvalue weighted by atomic mass is 19.4. The van der Waals surface area contributed by atoms with Gasteiger partial charge in [0.1, 0.15) is 0 Å². The first-order valence-corrected chi connectivity index (χ1v) is 6.12. The number of aromatic nitrogens is 2. The molecular formula is C14H14F3N3. The Labute approximate surface area is 114 Å². The van der Waals surface area contributed by atoms with Crippen molar-refractivity contribution in [2.75, 3.05) is 0 Å². The first-order chi connectivity index (χ1) is 9.47. The van der Waals surface area contributed by atoms with Crippen LogP contribution in [0, 0.1) is 0 Å². The van der Waals surface area contributed by atoms with Crippen LogP contribution in [0.25, 0.3) is 0 Å². The Morgan fingerprint density at radius 3 is 2.40 bits per heavy atom. The first kappa shape index (κ1) is 14.5. The molecule has 6 heteroatoms. The zero-order valence-electron chi connectivity index (χ0n) is 10.9. The van der Waals surface area contributed by atoms with Crippen molar-refractivity contribution in [2.24, 2.45) is 0 Å². The van der Waals surface area contributed by atoms with Gasteiger partial charge >= 0.3 is 6.18 Å². The summed E-state index contributed by atoms with van der Waals surface area (Å²) in [6, 6.07) is 6.27. The van der Waals surface area contributed by atoms with Crippen molar-refractivity contribution in [3.8, 4) is 0 Å². The minimum Gasteiger partial charge on any atom is -0.305 e. The number of alkyl halides is 3. The Morgan fingerprint density at radius 2 is 1.85 bits per heavy atom. The molecule has 2 aromatic heterocycles. The monoisotopic (exact) mass is 281 g/mol. The highest BCUT2D eigenvalue weighted by Gasteiger charge is 2.30. The molecule has 3 nitrogen and oxygen atoms in total. The van der Waals surface area contributed by atoms with Gasteiger partial charge in [-0.25, -0.2) is 0 Å². The summed E-state index contributed by atoms with van der Waals surface area (Å²) in [5, 5.41) is 3.20. The van der Waals surface area contributed by atoms with E-state index in [1.165, 1.54) is 6.07 Å². The average molecular weight is 281 g/mol. The van der Waals surface area contributed by atoms with Gasteiger partial charge in [0.2, 0.25) is 0 Å². The lowest BCUT2D eigenvalue weighted by atomic mass is 10.1. The minimum absolute atomic E-state index is 0.0714. The van der Waals surface area contributed by atoms with E-state index < -0.39 is 11.7 Å². The van der Waals surface area contributed by atoms with Crippen LogP contribution in [0.15, 0.2) is 42.9 Å². The molecule has 106 valence electrons. The lowest BCUT2D eigenvalue weighted by Crippen LogP contribution is -2.19. The largest absolute Gasteiger partial charge is 0.417 e. The zero-order chi connectivity index (χ0) is 14.6. The van der Waals surface area contributed by atoms with Crippen LogP contribution < -0.4 is 5.32 Å². The Bertz CT molecular complexity index is 538. The molecule has 0 bridgehead atoms. The van der Waals surface area contributed by atoms with E-state index in [9.17, 15) is 13.2 Å². The molecule has 2 aromatic rings. The minimum atomic E-state index is -4.34. The maximum absolute atomic E-state index is 12.4. The standard InChI is InChI=1S/C14H14F3N3/c1-10(11-4-6-18-7-5-11)19-9-13-3-2-12(8-20-13)14(15,16)17/h2-8,10,19H,9H2,1H3. The maximum atomic E-state index is 12.4. The van der Waals surface area contributed by atoms with Crippen molar-refractivity contribution in [1.82, 2.24) is 15.3 Å². The molecule has 1 atom stereocenters. The Kier molecular flexibility index (Phi) is 4.34. The summed E-state index contributed by atoms with van der Waals surface area (Å²) in [6.45, 7) is 2.38. The molecule has 20 heavy (non-hydrogen) atoms. The van der Waals surface area contributed by atoms with Gasteiger partial charge in [-0.1, -0.05) is 0 Å². The summed E-state index contributed by atoms with van der Waals surface area (Å²) in [5.74, 6) is 0. The van der Waals surface area contributed by atoms with E-state index in [1.807, 2.05) is 19.1 Å². The molecule has 0 fully saturated rings. The maximum Gasteiger partial charge on any atom is 0.417 e. The summed E-state index contributed by atoms with van der Waals surface area (Å²) in [5.41, 5.74) is 0.897. The molecule has 0 aliphatic carbocycles. The first-order valence-electron chi connectivity index (χ1n) is 6.12. The molecule has 0 aliphatic rings. The van der Waals surface area contributed by atoms with Crippen molar-refractivity contribution in [2.45, 2.75) is 25.7 Å². The predicted octanol–water partition coefficient (Wildman–Crippen LogP) is 3.35. The Hall–Kier alpha value is -1.95. The lowest BCUT2D eigenvalue weighted by molar-refractivity contribution is -0.137. The van der Waals surface area contributed by atoms with E-state index in [4.69, 9.17) is 0 Å². The fraction of sp³-hybridized carbons (Fsp3) is 0.286. The summed E-state index contributed by atoms with van der Waals surface area (Å²) in [7, 11) is 0. The number of nitrogens with zero attached hydrogens (tertiary/aromatic N) is 2. The predicted molar refractivity (Wildman–Crippen MR) is 68.7 cm³/mol. The van der Waals surface area contributed by atoms with E-state index >= 15 is 0 Å². The van der Waals surface area contributed by atoms with Crippen LogP contribution in [0.1, 0.15) is 29.8 Å². The molecule has 1 N–H and O–H groups in total. The van der Waals surface area contributed by atoms with Gasteiger partial charge in [-0.15, -0.1) is 0 Å². The van der Waals surface area contributed by atoms with E-state index in [0.29, 0.717) is 12.2 Å². The number of nitrogens with one attached hydrogen (secondary N) is 1. The van der Waals surface area contributed by atoms with Crippen LogP contribution in [-0.4, -0.2) is 9.97 Å². The number of hydrogen-bond donors (Lipinski definition) is 1. The molecule has 0 saturated heterocycles. The van der Waals surface area contributed by atoms with Gasteiger partial charge in [-0.05, 0) is 36.8 Å². The molecule has 0 spiro atoms. The highest BCUT2D eigenvalue weighted by Crippen LogP contribution is 2.28. The summed E-state index contributed by atoms with van der Waals surface area (Å²) in [6.07, 6.45) is -0.0921. The normalized spacial score (nSPS) is 13.2. The average Bonchev–Trinajstić information content (AvgIpc) is 2.45. The fourth-order valence-electron chi connectivity index (χ4n) is 1.72. The van der Waals surface area contributed by atoms with Gasteiger partial charge in [0.25, 0.3) is 0 Å². The van der Waals surface area contributed by atoms with Crippen molar-refractivity contribution in [3.63, 3.8) is 0 Å².